The van der Waals surface area contributed by atoms with Gasteiger partial charge in [-0.25, -0.2) is 0 Å². The van der Waals surface area contributed by atoms with E-state index in [9.17, 15) is 18.0 Å². The van der Waals surface area contributed by atoms with Gasteiger partial charge in [0.1, 0.15) is 6.10 Å². The number of allylic oxidation sites excluding steroid dienone is 1. The molecule has 5 aliphatic carbocycles. The van der Waals surface area contributed by atoms with Crippen molar-refractivity contribution in [3.05, 3.63) is 23.8 Å². The van der Waals surface area contributed by atoms with Crippen LogP contribution in [0.25, 0.3) is 0 Å². The summed E-state index contributed by atoms with van der Waals surface area (Å²) in [6.07, 6.45) is 8.04. The standard InChI is InChI=1S/C34H52O6S/c1-20-21(2)30(5,6)24-12-13-31(7)25(33(24,9)27(20)40-41(11,37)38)18-23(35)26-22-19-29(3,4)14-16-34(22,28(36)39-10)17-15-32(26,31)8/h18,21-22,24,26-27H,1,12-17,19H2,2-11H3/t21-,22-,24-,26-,27+,31+,32+,33-,34-/m0/s1. The molecule has 0 spiro atoms. The molecule has 0 heterocycles. The van der Waals surface area contributed by atoms with Crippen molar-refractivity contribution in [1.82, 2.24) is 0 Å². The van der Waals surface area contributed by atoms with Crippen LogP contribution in [0, 0.1) is 56.2 Å². The van der Waals surface area contributed by atoms with Gasteiger partial charge in [0.25, 0.3) is 10.1 Å². The fourth-order valence-corrected chi connectivity index (χ4v) is 11.8. The molecule has 230 valence electrons. The van der Waals surface area contributed by atoms with Crippen molar-refractivity contribution in [3.63, 3.8) is 0 Å². The van der Waals surface area contributed by atoms with E-state index in [4.69, 9.17) is 8.92 Å². The van der Waals surface area contributed by atoms with Gasteiger partial charge in [-0.3, -0.25) is 13.8 Å². The Morgan fingerprint density at radius 1 is 1.00 bits per heavy atom. The van der Waals surface area contributed by atoms with Crippen molar-refractivity contribution in [2.45, 2.75) is 106 Å². The average molecular weight is 589 g/mol. The molecule has 0 amide bonds. The normalized spacial score (nSPS) is 46.8. The van der Waals surface area contributed by atoms with E-state index in [0.29, 0.717) is 6.42 Å². The summed E-state index contributed by atoms with van der Waals surface area (Å²) in [6, 6.07) is 0. The van der Waals surface area contributed by atoms with Crippen LogP contribution in [0.2, 0.25) is 0 Å². The lowest BCUT2D eigenvalue weighted by atomic mass is 9.33. The van der Waals surface area contributed by atoms with Crippen molar-refractivity contribution in [1.29, 1.82) is 0 Å². The summed E-state index contributed by atoms with van der Waals surface area (Å²) in [5, 5.41) is 0. The number of hydrogen-bond donors (Lipinski definition) is 0. The van der Waals surface area contributed by atoms with E-state index >= 15 is 0 Å². The zero-order chi connectivity index (χ0) is 30.8. The summed E-state index contributed by atoms with van der Waals surface area (Å²) >= 11 is 0. The molecule has 0 aromatic rings. The third kappa shape index (κ3) is 3.99. The van der Waals surface area contributed by atoms with Gasteiger partial charge >= 0.3 is 5.97 Å². The summed E-state index contributed by atoms with van der Waals surface area (Å²) in [7, 11) is -2.31. The Morgan fingerprint density at radius 3 is 2.20 bits per heavy atom. The number of ketones is 1. The fraction of sp³-hybridized carbons (Fsp3) is 0.824. The highest BCUT2D eigenvalue weighted by Crippen LogP contribution is 2.76. The first kappa shape index (κ1) is 31.0. The lowest BCUT2D eigenvalue weighted by molar-refractivity contribution is -0.195. The quantitative estimate of drug-likeness (QED) is 0.203. The van der Waals surface area contributed by atoms with Gasteiger partial charge in [0, 0.05) is 11.3 Å². The minimum atomic E-state index is -3.79. The van der Waals surface area contributed by atoms with Crippen LogP contribution in [-0.4, -0.2) is 39.6 Å². The molecule has 0 aromatic heterocycles. The Bertz CT molecular complexity index is 1320. The maximum absolute atomic E-state index is 14.7. The minimum Gasteiger partial charge on any atom is -0.469 e. The molecule has 9 atom stereocenters. The maximum Gasteiger partial charge on any atom is 0.312 e. The largest absolute Gasteiger partial charge is 0.469 e. The molecule has 0 unspecified atom stereocenters. The molecule has 0 N–H and O–H groups in total. The number of hydrogen-bond acceptors (Lipinski definition) is 6. The van der Waals surface area contributed by atoms with E-state index in [2.05, 4.69) is 62.0 Å². The summed E-state index contributed by atoms with van der Waals surface area (Å²) in [4.78, 5) is 28.2. The third-order valence-corrected chi connectivity index (χ3v) is 14.5. The van der Waals surface area contributed by atoms with Gasteiger partial charge in [0.15, 0.2) is 5.78 Å². The molecule has 7 heteroatoms. The Balaban J connectivity index is 1.72. The summed E-state index contributed by atoms with van der Waals surface area (Å²) in [6.45, 7) is 22.3. The first-order valence-electron chi connectivity index (χ1n) is 15.5. The van der Waals surface area contributed by atoms with Crippen LogP contribution in [0.3, 0.4) is 0 Å². The fourth-order valence-electron chi connectivity index (χ4n) is 11.1. The number of esters is 1. The molecule has 0 saturated heterocycles. The number of carbonyl (C=O) groups is 2. The van der Waals surface area contributed by atoms with E-state index in [1.54, 1.807) is 0 Å². The lowest BCUT2D eigenvalue weighted by Crippen LogP contribution is -2.68. The van der Waals surface area contributed by atoms with E-state index in [-0.39, 0.29) is 57.1 Å². The number of methoxy groups -OCH3 is 1. The summed E-state index contributed by atoms with van der Waals surface area (Å²) in [5.41, 5.74) is -0.414. The second-order valence-corrected chi connectivity index (χ2v) is 18.1. The number of ether oxygens (including phenoxy) is 1. The highest BCUT2D eigenvalue weighted by Gasteiger charge is 2.72. The van der Waals surface area contributed by atoms with Crippen LogP contribution in [-0.2, 0) is 28.6 Å². The van der Waals surface area contributed by atoms with E-state index in [0.717, 1.165) is 55.9 Å². The molecular formula is C34H52O6S. The number of carbonyl (C=O) groups excluding carboxylic acids is 2. The van der Waals surface area contributed by atoms with Crippen molar-refractivity contribution >= 4 is 21.9 Å². The lowest BCUT2D eigenvalue weighted by Gasteiger charge is -2.71. The van der Waals surface area contributed by atoms with Crippen molar-refractivity contribution in [2.24, 2.45) is 56.2 Å². The van der Waals surface area contributed by atoms with Crippen LogP contribution in [0.5, 0.6) is 0 Å². The zero-order valence-electron chi connectivity index (χ0n) is 27.0. The maximum atomic E-state index is 14.7. The van der Waals surface area contributed by atoms with Crippen LogP contribution < -0.4 is 0 Å². The van der Waals surface area contributed by atoms with Gasteiger partial charge in [-0.15, -0.1) is 0 Å². The second-order valence-electron chi connectivity index (χ2n) is 16.5. The Hall–Kier alpha value is -1.47. The van der Waals surface area contributed by atoms with Gasteiger partial charge in [-0.1, -0.05) is 67.5 Å². The molecule has 41 heavy (non-hydrogen) atoms. The van der Waals surface area contributed by atoms with Crippen LogP contribution in [0.4, 0.5) is 0 Å². The topological polar surface area (TPSA) is 86.7 Å². The van der Waals surface area contributed by atoms with E-state index in [1.165, 1.54) is 7.11 Å². The molecule has 5 rings (SSSR count). The van der Waals surface area contributed by atoms with Gasteiger partial charge in [-0.05, 0) is 96.0 Å². The molecule has 4 fully saturated rings. The molecule has 6 nitrogen and oxygen atoms in total. The number of fused-ring (bicyclic) bond motifs is 7. The van der Waals surface area contributed by atoms with Crippen LogP contribution in [0.15, 0.2) is 23.8 Å². The minimum absolute atomic E-state index is 0.0327. The van der Waals surface area contributed by atoms with Gasteiger partial charge in [0.05, 0.1) is 18.8 Å². The van der Waals surface area contributed by atoms with Gasteiger partial charge < -0.3 is 4.74 Å². The third-order valence-electron chi connectivity index (χ3n) is 13.9. The molecule has 5 aliphatic rings. The zero-order valence-corrected chi connectivity index (χ0v) is 27.8. The Labute approximate surface area is 248 Å². The first-order chi connectivity index (χ1) is 18.6. The molecular weight excluding hydrogens is 536 g/mol. The number of rotatable bonds is 3. The summed E-state index contributed by atoms with van der Waals surface area (Å²) < 4.78 is 36.8. The predicted molar refractivity (Wildman–Crippen MR) is 160 cm³/mol. The van der Waals surface area contributed by atoms with Crippen molar-refractivity contribution < 1.29 is 26.9 Å². The SMILES string of the molecule is C=C1[C@@H](OS(C)(=O)=O)[C@]2(C)C3=CC(=O)[C@@H]4[C@@H]5CC(C)(C)CC[C@]5(C(=O)OC)CC[C@@]4(C)[C@]3(C)CC[C@H]2C(C)(C)[C@H]1C. The molecule has 4 saturated carbocycles. The first-order valence-corrected chi connectivity index (χ1v) is 17.4. The van der Waals surface area contributed by atoms with Crippen molar-refractivity contribution in [3.8, 4) is 0 Å². The Kier molecular flexibility index (Phi) is 6.82. The van der Waals surface area contributed by atoms with Crippen molar-refractivity contribution in [2.75, 3.05) is 13.4 Å². The Morgan fingerprint density at radius 2 is 1.61 bits per heavy atom. The second kappa shape index (κ2) is 9.03. The summed E-state index contributed by atoms with van der Waals surface area (Å²) in [5.74, 6) is -0.300. The van der Waals surface area contributed by atoms with Crippen LogP contribution >= 0.6 is 0 Å². The highest BCUT2D eigenvalue weighted by atomic mass is 32.2. The van der Waals surface area contributed by atoms with Gasteiger partial charge in [0.2, 0.25) is 0 Å². The molecule has 0 aromatic carbocycles. The highest BCUT2D eigenvalue weighted by molar-refractivity contribution is 7.86. The van der Waals surface area contributed by atoms with E-state index in [1.807, 2.05) is 6.08 Å². The molecule has 0 aliphatic heterocycles. The van der Waals surface area contributed by atoms with E-state index < -0.39 is 27.1 Å². The monoisotopic (exact) mass is 588 g/mol. The predicted octanol–water partition coefficient (Wildman–Crippen LogP) is 6.90. The molecule has 0 radical (unpaired) electrons. The smallest absolute Gasteiger partial charge is 0.312 e. The molecule has 0 bridgehead atoms. The van der Waals surface area contributed by atoms with Crippen LogP contribution in [0.1, 0.15) is 100 Å². The van der Waals surface area contributed by atoms with Gasteiger partial charge in [-0.2, -0.15) is 8.42 Å². The average Bonchev–Trinajstić information content (AvgIpc) is 2.85.